The first-order chi connectivity index (χ1) is 12.3. The van der Waals surface area contributed by atoms with Gasteiger partial charge in [0.1, 0.15) is 10.7 Å². The van der Waals surface area contributed by atoms with Crippen LogP contribution >= 0.6 is 22.9 Å². The average molecular weight is 390 g/mol. The van der Waals surface area contributed by atoms with Crippen molar-refractivity contribution < 1.29 is 14.3 Å². The van der Waals surface area contributed by atoms with E-state index in [1.807, 2.05) is 20.8 Å². The van der Waals surface area contributed by atoms with E-state index in [1.165, 1.54) is 24.5 Å². The molecule has 1 aromatic carbocycles. The Kier molecular flexibility index (Phi) is 4.93. The molecule has 0 aliphatic rings. The molecule has 0 unspecified atom stereocenters. The Morgan fingerprint density at radius 3 is 2.62 bits per heavy atom. The first-order valence-corrected chi connectivity index (χ1v) is 8.94. The van der Waals surface area contributed by atoms with Crippen LogP contribution in [0, 0.1) is 20.8 Å². The van der Waals surface area contributed by atoms with Gasteiger partial charge < -0.3 is 10.1 Å². The van der Waals surface area contributed by atoms with Crippen LogP contribution in [0.2, 0.25) is 5.02 Å². The molecular weight excluding hydrogens is 374 g/mol. The van der Waals surface area contributed by atoms with Crippen LogP contribution in [-0.4, -0.2) is 29.0 Å². The number of fused-ring (bicyclic) bond motifs is 1. The van der Waals surface area contributed by atoms with Gasteiger partial charge in [0.25, 0.3) is 5.91 Å². The van der Waals surface area contributed by atoms with Crippen molar-refractivity contribution in [2.75, 3.05) is 12.4 Å². The summed E-state index contributed by atoms with van der Waals surface area (Å²) in [7, 11) is 1.27. The number of methoxy groups -OCH3 is 1. The molecule has 6 nitrogen and oxygen atoms in total. The molecule has 0 bridgehead atoms. The van der Waals surface area contributed by atoms with Crippen LogP contribution < -0.4 is 5.32 Å². The Morgan fingerprint density at radius 2 is 1.92 bits per heavy atom. The van der Waals surface area contributed by atoms with Crippen LogP contribution in [-0.2, 0) is 4.74 Å². The number of aromatic nitrogens is 2. The molecule has 0 radical (unpaired) electrons. The number of carbonyl (C=O) groups is 2. The van der Waals surface area contributed by atoms with Crippen molar-refractivity contribution in [2.24, 2.45) is 0 Å². The Hall–Kier alpha value is -2.51. The molecule has 0 aliphatic heterocycles. The maximum atomic E-state index is 12.7. The van der Waals surface area contributed by atoms with Gasteiger partial charge in [0.15, 0.2) is 0 Å². The van der Waals surface area contributed by atoms with Gasteiger partial charge in [-0.1, -0.05) is 11.6 Å². The summed E-state index contributed by atoms with van der Waals surface area (Å²) in [5.41, 5.74) is 2.33. The molecule has 0 aliphatic carbocycles. The zero-order valence-corrected chi connectivity index (χ0v) is 16.2. The summed E-state index contributed by atoms with van der Waals surface area (Å²) < 4.78 is 4.70. The lowest BCUT2D eigenvalue weighted by Crippen LogP contribution is -2.12. The van der Waals surface area contributed by atoms with Crippen molar-refractivity contribution >= 4 is 50.7 Å². The van der Waals surface area contributed by atoms with Gasteiger partial charge in [-0.15, -0.1) is 11.3 Å². The molecule has 3 aromatic rings. The monoisotopic (exact) mass is 389 g/mol. The highest BCUT2D eigenvalue weighted by Gasteiger charge is 2.19. The van der Waals surface area contributed by atoms with E-state index in [9.17, 15) is 9.59 Å². The smallest absolute Gasteiger partial charge is 0.339 e. The molecule has 0 saturated carbocycles. The molecule has 0 spiro atoms. The third-order valence-corrected chi connectivity index (χ3v) is 5.43. The number of nitrogens with one attached hydrogen (secondary N) is 1. The highest BCUT2D eigenvalue weighted by Crippen LogP contribution is 2.32. The highest BCUT2D eigenvalue weighted by molar-refractivity contribution is 7.20. The van der Waals surface area contributed by atoms with Gasteiger partial charge in [-0.3, -0.25) is 4.79 Å². The van der Waals surface area contributed by atoms with Gasteiger partial charge in [-0.25, -0.2) is 14.8 Å². The standard InChI is InChI=1S/C18H16ClN3O3S/c1-8-14-9(2)20-10(3)21-17(14)26-15(8)16(23)22-11-5-6-13(19)12(7-11)18(24)25-4/h5-7H,1-4H3,(H,22,23). The van der Waals surface area contributed by atoms with Crippen LogP contribution in [0.25, 0.3) is 10.2 Å². The molecule has 134 valence electrons. The molecule has 2 heterocycles. The van der Waals surface area contributed by atoms with Crippen molar-refractivity contribution in [1.82, 2.24) is 9.97 Å². The zero-order valence-electron chi connectivity index (χ0n) is 14.6. The number of amides is 1. The molecule has 26 heavy (non-hydrogen) atoms. The van der Waals surface area contributed by atoms with Gasteiger partial charge >= 0.3 is 5.97 Å². The second kappa shape index (κ2) is 7.01. The summed E-state index contributed by atoms with van der Waals surface area (Å²) >= 11 is 7.32. The number of anilines is 1. The number of rotatable bonds is 3. The normalized spacial score (nSPS) is 10.8. The van der Waals surface area contributed by atoms with E-state index >= 15 is 0 Å². The molecule has 0 atom stereocenters. The number of halogens is 1. The van der Waals surface area contributed by atoms with E-state index in [2.05, 4.69) is 15.3 Å². The fraction of sp³-hybridized carbons (Fsp3) is 0.222. The summed E-state index contributed by atoms with van der Waals surface area (Å²) in [4.78, 5) is 34.6. The van der Waals surface area contributed by atoms with Gasteiger partial charge in [0.05, 0.1) is 22.6 Å². The number of hydrogen-bond acceptors (Lipinski definition) is 6. The number of nitrogens with zero attached hydrogens (tertiary/aromatic N) is 2. The van der Waals surface area contributed by atoms with Crippen molar-refractivity contribution in [1.29, 1.82) is 0 Å². The lowest BCUT2D eigenvalue weighted by molar-refractivity contribution is 0.0600. The lowest BCUT2D eigenvalue weighted by atomic mass is 10.1. The maximum absolute atomic E-state index is 12.7. The SMILES string of the molecule is COC(=O)c1cc(NC(=O)c2sc3nc(C)nc(C)c3c2C)ccc1Cl. The molecule has 8 heteroatoms. The molecule has 0 saturated heterocycles. The Bertz CT molecular complexity index is 1050. The van der Waals surface area contributed by atoms with Gasteiger partial charge in [0, 0.05) is 16.8 Å². The number of esters is 1. The summed E-state index contributed by atoms with van der Waals surface area (Å²) in [5, 5.41) is 3.96. The third kappa shape index (κ3) is 3.27. The fourth-order valence-electron chi connectivity index (χ4n) is 2.75. The summed E-state index contributed by atoms with van der Waals surface area (Å²) in [6.45, 7) is 5.60. The lowest BCUT2D eigenvalue weighted by Gasteiger charge is -2.08. The summed E-state index contributed by atoms with van der Waals surface area (Å²) in [6.07, 6.45) is 0. The van der Waals surface area contributed by atoms with E-state index in [4.69, 9.17) is 16.3 Å². The molecule has 1 N–H and O–H groups in total. The summed E-state index contributed by atoms with van der Waals surface area (Å²) in [6, 6.07) is 4.66. The Morgan fingerprint density at radius 1 is 1.19 bits per heavy atom. The summed E-state index contributed by atoms with van der Waals surface area (Å²) in [5.74, 6) is -0.171. The van der Waals surface area contributed by atoms with Crippen LogP contribution in [0.3, 0.4) is 0 Å². The topological polar surface area (TPSA) is 81.2 Å². The minimum absolute atomic E-state index is 0.192. The van der Waals surface area contributed by atoms with E-state index in [1.54, 1.807) is 12.1 Å². The van der Waals surface area contributed by atoms with Crippen LogP contribution in [0.1, 0.15) is 37.1 Å². The number of benzene rings is 1. The zero-order chi connectivity index (χ0) is 19.0. The first kappa shape index (κ1) is 18.3. The predicted molar refractivity (Wildman–Crippen MR) is 102 cm³/mol. The van der Waals surface area contributed by atoms with Crippen molar-refractivity contribution in [3.05, 3.63) is 50.7 Å². The van der Waals surface area contributed by atoms with Crippen molar-refractivity contribution in [2.45, 2.75) is 20.8 Å². The van der Waals surface area contributed by atoms with Gasteiger partial charge in [-0.2, -0.15) is 0 Å². The maximum Gasteiger partial charge on any atom is 0.339 e. The van der Waals surface area contributed by atoms with Crippen LogP contribution in [0.4, 0.5) is 5.69 Å². The quantitative estimate of drug-likeness (QED) is 0.675. The van der Waals surface area contributed by atoms with Crippen LogP contribution in [0.5, 0.6) is 0 Å². The minimum Gasteiger partial charge on any atom is -0.465 e. The van der Waals surface area contributed by atoms with Gasteiger partial charge in [-0.05, 0) is 44.5 Å². The Balaban J connectivity index is 1.96. The fourth-order valence-corrected chi connectivity index (χ4v) is 4.12. The van der Waals surface area contributed by atoms with Crippen molar-refractivity contribution in [3.63, 3.8) is 0 Å². The first-order valence-electron chi connectivity index (χ1n) is 7.75. The number of hydrogen-bond donors (Lipinski definition) is 1. The second-order valence-electron chi connectivity index (χ2n) is 5.73. The third-order valence-electron chi connectivity index (χ3n) is 3.92. The van der Waals surface area contributed by atoms with Crippen LogP contribution in [0.15, 0.2) is 18.2 Å². The highest BCUT2D eigenvalue weighted by atomic mass is 35.5. The molecule has 3 rings (SSSR count). The Labute approximate surface area is 159 Å². The number of aryl methyl sites for hydroxylation is 3. The average Bonchev–Trinajstić information content (AvgIpc) is 2.92. The predicted octanol–water partition coefficient (Wildman–Crippen LogP) is 4.31. The van der Waals surface area contributed by atoms with E-state index in [0.717, 1.165) is 21.5 Å². The van der Waals surface area contributed by atoms with E-state index in [-0.39, 0.29) is 16.5 Å². The molecule has 0 fully saturated rings. The molecule has 2 aromatic heterocycles. The largest absolute Gasteiger partial charge is 0.465 e. The van der Waals surface area contributed by atoms with E-state index in [0.29, 0.717) is 16.4 Å². The van der Waals surface area contributed by atoms with Crippen molar-refractivity contribution in [3.8, 4) is 0 Å². The molecular formula is C18H16ClN3O3S. The minimum atomic E-state index is -0.564. The number of carbonyl (C=O) groups excluding carboxylic acids is 2. The van der Waals surface area contributed by atoms with Gasteiger partial charge in [0.2, 0.25) is 0 Å². The van der Waals surface area contributed by atoms with E-state index < -0.39 is 5.97 Å². The second-order valence-corrected chi connectivity index (χ2v) is 7.14. The number of thiophene rings is 1. The number of ether oxygens (including phenoxy) is 1. The molecule has 1 amide bonds.